The van der Waals surface area contributed by atoms with Gasteiger partial charge in [-0.15, -0.1) is 0 Å². The highest BCUT2D eigenvalue weighted by atomic mass is 15.1. The molecule has 0 atom stereocenters. The molecule has 1 spiro atoms. The summed E-state index contributed by atoms with van der Waals surface area (Å²) in [7, 11) is 0. The van der Waals surface area contributed by atoms with E-state index in [9.17, 15) is 0 Å². The second-order valence-electron chi connectivity index (χ2n) is 16.8. The Balaban J connectivity index is 1.11. The van der Waals surface area contributed by atoms with Crippen molar-refractivity contribution in [2.75, 3.05) is 4.90 Å². The lowest BCUT2D eigenvalue weighted by atomic mass is 9.70. The zero-order valence-corrected chi connectivity index (χ0v) is 34.5. The molecule has 1 aromatic heterocycles. The van der Waals surface area contributed by atoms with Gasteiger partial charge in [0.15, 0.2) is 0 Å². The lowest BCUT2D eigenvalue weighted by molar-refractivity contribution is 0.793. The largest absolute Gasteiger partial charge is 0.310 e. The molecule has 0 bridgehead atoms. The monoisotopic (exact) mass is 800 g/mol. The summed E-state index contributed by atoms with van der Waals surface area (Å²) in [5.74, 6) is 0. The molecular weight excluding hydrogens is 761 g/mol. The van der Waals surface area contributed by atoms with Crippen LogP contribution in [0.25, 0.3) is 72.0 Å². The molecule has 0 saturated carbocycles. The van der Waals surface area contributed by atoms with Crippen molar-refractivity contribution in [2.45, 2.75) is 5.41 Å². The van der Waals surface area contributed by atoms with E-state index in [4.69, 9.17) is 0 Å². The summed E-state index contributed by atoms with van der Waals surface area (Å²) in [5.41, 5.74) is 21.6. The first-order valence-electron chi connectivity index (χ1n) is 21.8. The highest BCUT2D eigenvalue weighted by molar-refractivity contribution is 6.15. The van der Waals surface area contributed by atoms with Crippen LogP contribution in [0.15, 0.2) is 243 Å². The highest BCUT2D eigenvalue weighted by Crippen LogP contribution is 2.63. The molecular formula is C61H40N2. The van der Waals surface area contributed by atoms with E-state index in [-0.39, 0.29) is 0 Å². The molecule has 0 saturated heterocycles. The molecule has 294 valence electrons. The Hall–Kier alpha value is -8.20. The molecule has 2 nitrogen and oxygen atoms in total. The molecule has 0 amide bonds. The normalized spacial score (nSPS) is 12.9. The minimum Gasteiger partial charge on any atom is -0.310 e. The van der Waals surface area contributed by atoms with Gasteiger partial charge < -0.3 is 9.47 Å². The molecule has 13 rings (SSSR count). The van der Waals surface area contributed by atoms with Crippen LogP contribution >= 0.6 is 0 Å². The van der Waals surface area contributed by atoms with Gasteiger partial charge >= 0.3 is 0 Å². The Bertz CT molecular complexity index is 3480. The summed E-state index contributed by atoms with van der Waals surface area (Å²) in [6.07, 6.45) is 0. The van der Waals surface area contributed by atoms with E-state index in [0.29, 0.717) is 0 Å². The number of hydrogen-bond acceptors (Lipinski definition) is 1. The fourth-order valence-electron chi connectivity index (χ4n) is 11.0. The Labute approximate surface area is 367 Å². The van der Waals surface area contributed by atoms with Gasteiger partial charge in [0.05, 0.1) is 16.4 Å². The van der Waals surface area contributed by atoms with Crippen molar-refractivity contribution in [2.24, 2.45) is 0 Å². The highest BCUT2D eigenvalue weighted by Gasteiger charge is 2.51. The molecule has 11 aromatic rings. The van der Waals surface area contributed by atoms with Crippen molar-refractivity contribution in [1.82, 2.24) is 4.57 Å². The summed E-state index contributed by atoms with van der Waals surface area (Å²) in [6.45, 7) is 0. The van der Waals surface area contributed by atoms with Crippen molar-refractivity contribution in [3.05, 3.63) is 265 Å². The van der Waals surface area contributed by atoms with Crippen LogP contribution in [0.4, 0.5) is 17.1 Å². The number of hydrogen-bond donors (Lipinski definition) is 0. The van der Waals surface area contributed by atoms with Gasteiger partial charge in [-0.1, -0.05) is 188 Å². The summed E-state index contributed by atoms with van der Waals surface area (Å²) in [6, 6.07) is 89.6. The molecule has 0 radical (unpaired) electrons. The summed E-state index contributed by atoms with van der Waals surface area (Å²) in [4.78, 5) is 2.49. The van der Waals surface area contributed by atoms with Crippen LogP contribution in [-0.2, 0) is 5.41 Å². The average Bonchev–Trinajstić information content (AvgIpc) is 3.97. The fourth-order valence-corrected chi connectivity index (χ4v) is 11.0. The number of fused-ring (bicyclic) bond motifs is 13. The predicted molar refractivity (Wildman–Crippen MR) is 263 cm³/mol. The van der Waals surface area contributed by atoms with Gasteiger partial charge in [0.1, 0.15) is 0 Å². The molecule has 0 aliphatic heterocycles. The van der Waals surface area contributed by atoms with Gasteiger partial charge in [0, 0.05) is 39.1 Å². The third-order valence-electron chi connectivity index (χ3n) is 13.6. The van der Waals surface area contributed by atoms with Gasteiger partial charge in [-0.3, -0.25) is 0 Å². The van der Waals surface area contributed by atoms with Crippen LogP contribution in [-0.4, -0.2) is 4.57 Å². The van der Waals surface area contributed by atoms with E-state index in [1.165, 1.54) is 88.6 Å². The Kier molecular flexibility index (Phi) is 7.85. The Morgan fingerprint density at radius 1 is 0.302 bits per heavy atom. The van der Waals surface area contributed by atoms with Crippen molar-refractivity contribution in [1.29, 1.82) is 0 Å². The van der Waals surface area contributed by atoms with E-state index in [1.54, 1.807) is 0 Å². The SMILES string of the molecule is c1ccc(-c2ccc(N(c3ccc4c(c3)C3(c5ccccc5-c5ccccc53)c3ccccc3-4)c3cc(-c4ccccc4)c4c(c3)c3ccccc3n4-c3ccccc3)cc2)cc1. The van der Waals surface area contributed by atoms with Gasteiger partial charge in [0.2, 0.25) is 0 Å². The number of aromatic nitrogens is 1. The number of nitrogens with zero attached hydrogens (tertiary/aromatic N) is 2. The molecule has 0 unspecified atom stereocenters. The van der Waals surface area contributed by atoms with Gasteiger partial charge in [-0.05, 0) is 116 Å². The molecule has 10 aromatic carbocycles. The molecule has 2 heteroatoms. The van der Waals surface area contributed by atoms with E-state index >= 15 is 0 Å². The first-order valence-corrected chi connectivity index (χ1v) is 21.8. The smallest absolute Gasteiger partial charge is 0.0726 e. The van der Waals surface area contributed by atoms with Crippen molar-refractivity contribution < 1.29 is 0 Å². The fraction of sp³-hybridized carbons (Fsp3) is 0.0164. The topological polar surface area (TPSA) is 8.17 Å². The Morgan fingerprint density at radius 2 is 0.794 bits per heavy atom. The number of para-hydroxylation sites is 2. The molecule has 2 aliphatic carbocycles. The predicted octanol–water partition coefficient (Wildman–Crippen LogP) is 15.9. The third-order valence-corrected chi connectivity index (χ3v) is 13.6. The summed E-state index contributed by atoms with van der Waals surface area (Å²) in [5, 5.41) is 2.43. The van der Waals surface area contributed by atoms with Crippen LogP contribution in [0.2, 0.25) is 0 Å². The second-order valence-corrected chi connectivity index (χ2v) is 16.8. The molecule has 1 heterocycles. The van der Waals surface area contributed by atoms with Crippen LogP contribution < -0.4 is 4.90 Å². The standard InChI is InChI=1S/C61H40N2/c1-4-18-41(19-5-1)42-32-34-45(35-33-42)62(47-38-53(43-20-6-2-7-21-43)60-54(39-47)52-27-13-17-31-59(52)63(60)44-22-8-3-9-23-44)46-36-37-51-50-26-12-16-30-57(50)61(58(51)40-46)55-28-14-10-24-48(55)49-25-11-15-29-56(49)61/h1-40H. The first-order chi connectivity index (χ1) is 31.3. The maximum atomic E-state index is 2.50. The zero-order chi connectivity index (χ0) is 41.5. The minimum absolute atomic E-state index is 0.458. The lowest BCUT2D eigenvalue weighted by Gasteiger charge is -2.32. The first kappa shape index (κ1) is 35.5. The maximum Gasteiger partial charge on any atom is 0.0726 e. The summed E-state index contributed by atoms with van der Waals surface area (Å²) >= 11 is 0. The number of anilines is 3. The molecule has 0 fully saturated rings. The van der Waals surface area contributed by atoms with E-state index in [2.05, 4.69) is 252 Å². The zero-order valence-electron chi connectivity index (χ0n) is 34.5. The van der Waals surface area contributed by atoms with E-state index in [1.807, 2.05) is 0 Å². The molecule has 2 aliphatic rings. The summed E-state index contributed by atoms with van der Waals surface area (Å²) < 4.78 is 2.45. The van der Waals surface area contributed by atoms with E-state index < -0.39 is 5.41 Å². The Morgan fingerprint density at radius 3 is 1.43 bits per heavy atom. The number of rotatable bonds is 6. The number of benzene rings is 10. The van der Waals surface area contributed by atoms with Crippen LogP contribution in [0, 0.1) is 0 Å². The minimum atomic E-state index is -0.458. The van der Waals surface area contributed by atoms with E-state index in [0.717, 1.165) is 22.7 Å². The molecule has 0 N–H and O–H groups in total. The van der Waals surface area contributed by atoms with Gasteiger partial charge in [-0.25, -0.2) is 0 Å². The molecule has 63 heavy (non-hydrogen) atoms. The van der Waals surface area contributed by atoms with Crippen molar-refractivity contribution >= 4 is 38.9 Å². The van der Waals surface area contributed by atoms with Crippen molar-refractivity contribution in [3.8, 4) is 50.2 Å². The van der Waals surface area contributed by atoms with Gasteiger partial charge in [-0.2, -0.15) is 0 Å². The quantitative estimate of drug-likeness (QED) is 0.163. The lowest BCUT2D eigenvalue weighted by Crippen LogP contribution is -2.26. The van der Waals surface area contributed by atoms with Gasteiger partial charge in [0.25, 0.3) is 0 Å². The second kappa shape index (κ2) is 13.9. The van der Waals surface area contributed by atoms with Crippen LogP contribution in [0.5, 0.6) is 0 Å². The van der Waals surface area contributed by atoms with Crippen molar-refractivity contribution in [3.63, 3.8) is 0 Å². The average molecular weight is 801 g/mol. The van der Waals surface area contributed by atoms with Crippen LogP contribution in [0.1, 0.15) is 22.3 Å². The third kappa shape index (κ3) is 5.19. The van der Waals surface area contributed by atoms with Crippen LogP contribution in [0.3, 0.4) is 0 Å². The maximum absolute atomic E-state index is 2.50.